The van der Waals surface area contributed by atoms with Crippen molar-refractivity contribution in [1.82, 2.24) is 5.32 Å². The molecule has 3 aromatic rings. The summed E-state index contributed by atoms with van der Waals surface area (Å²) >= 11 is 0. The fourth-order valence-corrected chi connectivity index (χ4v) is 4.61. The molecule has 0 aromatic heterocycles. The highest BCUT2D eigenvalue weighted by molar-refractivity contribution is 6.05. The third-order valence-electron chi connectivity index (χ3n) is 6.68. The van der Waals surface area contributed by atoms with Crippen LogP contribution in [0.3, 0.4) is 0 Å². The van der Waals surface area contributed by atoms with Crippen molar-refractivity contribution in [3.63, 3.8) is 0 Å². The number of hydrogen-bond donors (Lipinski definition) is 3. The minimum atomic E-state index is -0.139. The van der Waals surface area contributed by atoms with E-state index in [1.54, 1.807) is 0 Å². The van der Waals surface area contributed by atoms with E-state index in [-0.39, 0.29) is 12.0 Å². The molecule has 3 N–H and O–H groups in total. The summed E-state index contributed by atoms with van der Waals surface area (Å²) in [5.74, 6) is 0.721. The van der Waals surface area contributed by atoms with Gasteiger partial charge in [0.05, 0.1) is 13.2 Å². The van der Waals surface area contributed by atoms with Crippen LogP contribution < -0.4 is 25.6 Å². The molecule has 0 radical (unpaired) electrons. The van der Waals surface area contributed by atoms with Crippen molar-refractivity contribution >= 4 is 28.7 Å². The monoisotopic (exact) mass is 486 g/mol. The fraction of sp³-hybridized carbons (Fsp3) is 0.345. The zero-order valence-electron chi connectivity index (χ0n) is 20.8. The topological polar surface area (TPSA) is 74.9 Å². The van der Waals surface area contributed by atoms with Gasteiger partial charge in [-0.15, -0.1) is 0 Å². The van der Waals surface area contributed by atoms with Gasteiger partial charge in [-0.05, 0) is 80.9 Å². The first-order valence-corrected chi connectivity index (χ1v) is 12.7. The highest BCUT2D eigenvalue weighted by atomic mass is 16.5. The number of piperidine rings is 1. The molecule has 7 nitrogen and oxygen atoms in total. The lowest BCUT2D eigenvalue weighted by Crippen LogP contribution is -2.36. The summed E-state index contributed by atoms with van der Waals surface area (Å²) in [4.78, 5) is 15.4. The second-order valence-electron chi connectivity index (χ2n) is 9.35. The van der Waals surface area contributed by atoms with Crippen molar-refractivity contribution in [2.75, 3.05) is 54.9 Å². The Bertz CT molecular complexity index is 1190. The van der Waals surface area contributed by atoms with Crippen LogP contribution in [0.25, 0.3) is 0 Å². The molecule has 0 bridgehead atoms. The Balaban J connectivity index is 1.26. The van der Waals surface area contributed by atoms with Crippen LogP contribution in [0.4, 0.5) is 22.7 Å². The lowest BCUT2D eigenvalue weighted by Gasteiger charge is -2.29. The number of nitrogens with one attached hydrogen (secondary N) is 3. The number of morpholine rings is 1. The molecule has 0 spiro atoms. The summed E-state index contributed by atoms with van der Waals surface area (Å²) in [6.07, 6.45) is 2.28. The Morgan fingerprint density at radius 3 is 2.58 bits per heavy atom. The van der Waals surface area contributed by atoms with Crippen molar-refractivity contribution < 1.29 is 14.3 Å². The van der Waals surface area contributed by atoms with Gasteiger partial charge in [-0.2, -0.15) is 0 Å². The third-order valence-corrected chi connectivity index (χ3v) is 6.68. The van der Waals surface area contributed by atoms with Crippen LogP contribution in [0, 0.1) is 6.92 Å². The van der Waals surface area contributed by atoms with Crippen molar-refractivity contribution in [2.45, 2.75) is 25.9 Å². The molecule has 2 fully saturated rings. The van der Waals surface area contributed by atoms with Gasteiger partial charge in [-0.25, -0.2) is 0 Å². The minimum absolute atomic E-state index is 0.139. The molecule has 5 rings (SSSR count). The largest absolute Gasteiger partial charge is 0.490 e. The quantitative estimate of drug-likeness (QED) is 0.438. The van der Waals surface area contributed by atoms with Crippen molar-refractivity contribution in [3.8, 4) is 5.75 Å². The predicted octanol–water partition coefficient (Wildman–Crippen LogP) is 4.96. The molecule has 188 valence electrons. The fourth-order valence-electron chi connectivity index (χ4n) is 4.61. The first kappa shape index (κ1) is 24.2. The maximum absolute atomic E-state index is 13.1. The molecule has 36 heavy (non-hydrogen) atoms. The van der Waals surface area contributed by atoms with Gasteiger partial charge in [-0.1, -0.05) is 18.2 Å². The van der Waals surface area contributed by atoms with Gasteiger partial charge in [0.25, 0.3) is 5.91 Å². The summed E-state index contributed by atoms with van der Waals surface area (Å²) in [6, 6.07) is 21.7. The van der Waals surface area contributed by atoms with Crippen LogP contribution in [0.5, 0.6) is 5.75 Å². The maximum atomic E-state index is 13.1. The number of anilines is 4. The van der Waals surface area contributed by atoms with Gasteiger partial charge < -0.3 is 30.3 Å². The number of ether oxygens (including phenoxy) is 2. The summed E-state index contributed by atoms with van der Waals surface area (Å²) in [6.45, 7) is 7.18. The molecule has 2 aliphatic heterocycles. The number of hydrogen-bond acceptors (Lipinski definition) is 6. The molecule has 1 amide bonds. The van der Waals surface area contributed by atoms with E-state index in [1.807, 2.05) is 67.6 Å². The van der Waals surface area contributed by atoms with Gasteiger partial charge in [-0.3, -0.25) is 4.79 Å². The molecule has 0 atom stereocenters. The van der Waals surface area contributed by atoms with E-state index >= 15 is 0 Å². The van der Waals surface area contributed by atoms with Gasteiger partial charge in [0.2, 0.25) is 0 Å². The Kier molecular flexibility index (Phi) is 7.69. The third kappa shape index (κ3) is 6.17. The molecule has 0 unspecified atom stereocenters. The van der Waals surface area contributed by atoms with Gasteiger partial charge in [0.15, 0.2) is 0 Å². The van der Waals surface area contributed by atoms with Crippen LogP contribution in [0.1, 0.15) is 28.8 Å². The summed E-state index contributed by atoms with van der Waals surface area (Å²) in [5.41, 5.74) is 5.35. The van der Waals surface area contributed by atoms with Crippen molar-refractivity contribution in [1.29, 1.82) is 0 Å². The van der Waals surface area contributed by atoms with Gasteiger partial charge in [0, 0.05) is 47.5 Å². The van der Waals surface area contributed by atoms with Gasteiger partial charge >= 0.3 is 0 Å². The number of nitrogens with zero attached hydrogens (tertiary/aromatic N) is 1. The van der Waals surface area contributed by atoms with Crippen LogP contribution >= 0.6 is 0 Å². The minimum Gasteiger partial charge on any atom is -0.490 e. The lowest BCUT2D eigenvalue weighted by molar-refractivity contribution is 0.102. The van der Waals surface area contributed by atoms with E-state index in [2.05, 4.69) is 26.9 Å². The first-order chi connectivity index (χ1) is 17.6. The lowest BCUT2D eigenvalue weighted by atomic mass is 10.1. The number of carbonyl (C=O) groups excluding carboxylic acids is 1. The van der Waals surface area contributed by atoms with E-state index in [0.29, 0.717) is 5.56 Å². The molecule has 2 heterocycles. The van der Waals surface area contributed by atoms with E-state index in [0.717, 1.165) is 86.3 Å². The summed E-state index contributed by atoms with van der Waals surface area (Å²) in [5, 5.41) is 9.89. The standard InChI is InChI=1S/C29H34N4O3/c1-21-8-9-22(29(34)32-23-4-2-6-25(19-23)33-14-16-35-17-15-33)18-28(21)31-24-5-3-7-27(20-24)36-26-10-12-30-13-11-26/h2-9,18-20,26,30-31H,10-17H2,1H3,(H,32,34). The number of benzene rings is 3. The summed E-state index contributed by atoms with van der Waals surface area (Å²) < 4.78 is 11.6. The number of carbonyl (C=O) groups is 1. The zero-order chi connectivity index (χ0) is 24.7. The predicted molar refractivity (Wildman–Crippen MR) is 145 cm³/mol. The molecule has 3 aromatic carbocycles. The Morgan fingerprint density at radius 2 is 1.75 bits per heavy atom. The molecule has 0 saturated carbocycles. The van der Waals surface area contributed by atoms with E-state index in [9.17, 15) is 4.79 Å². The normalized spacial score (nSPS) is 16.4. The molecule has 7 heteroatoms. The van der Waals surface area contributed by atoms with E-state index in [1.165, 1.54) is 0 Å². The smallest absolute Gasteiger partial charge is 0.255 e. The molecule has 0 aliphatic carbocycles. The number of rotatable bonds is 7. The Hall–Kier alpha value is -3.55. The summed E-state index contributed by atoms with van der Waals surface area (Å²) in [7, 11) is 0. The first-order valence-electron chi connectivity index (χ1n) is 12.7. The maximum Gasteiger partial charge on any atom is 0.255 e. The highest BCUT2D eigenvalue weighted by Crippen LogP contribution is 2.27. The van der Waals surface area contributed by atoms with E-state index in [4.69, 9.17) is 9.47 Å². The number of amides is 1. The van der Waals surface area contributed by atoms with Crippen LogP contribution in [-0.4, -0.2) is 51.4 Å². The Labute approximate surface area is 212 Å². The second kappa shape index (κ2) is 11.5. The average molecular weight is 487 g/mol. The van der Waals surface area contributed by atoms with Crippen LogP contribution in [0.15, 0.2) is 66.7 Å². The van der Waals surface area contributed by atoms with Crippen molar-refractivity contribution in [3.05, 3.63) is 77.9 Å². The zero-order valence-corrected chi connectivity index (χ0v) is 20.8. The molecular weight excluding hydrogens is 452 g/mol. The average Bonchev–Trinajstić information content (AvgIpc) is 2.91. The Morgan fingerprint density at radius 1 is 0.972 bits per heavy atom. The molecular formula is C29H34N4O3. The molecule has 2 aliphatic rings. The van der Waals surface area contributed by atoms with Crippen molar-refractivity contribution in [2.24, 2.45) is 0 Å². The van der Waals surface area contributed by atoms with Crippen LogP contribution in [-0.2, 0) is 4.74 Å². The molecule has 2 saturated heterocycles. The SMILES string of the molecule is Cc1ccc(C(=O)Nc2cccc(N3CCOCC3)c2)cc1Nc1cccc(OC2CCNCC2)c1. The number of aryl methyl sites for hydroxylation is 1. The second-order valence-corrected chi connectivity index (χ2v) is 9.35. The van der Waals surface area contributed by atoms with E-state index < -0.39 is 0 Å². The highest BCUT2D eigenvalue weighted by Gasteiger charge is 2.15. The van der Waals surface area contributed by atoms with Gasteiger partial charge in [0.1, 0.15) is 11.9 Å². The van der Waals surface area contributed by atoms with Crippen LogP contribution in [0.2, 0.25) is 0 Å².